The fraction of sp³-hybridized carbons (Fsp3) is 0.400. The van der Waals surface area contributed by atoms with Crippen LogP contribution in [0.25, 0.3) is 0 Å². The average molecular weight is 273 g/mol. The van der Waals surface area contributed by atoms with Crippen molar-refractivity contribution >= 4 is 21.9 Å². The highest BCUT2D eigenvalue weighted by Gasteiger charge is 2.08. The van der Waals surface area contributed by atoms with E-state index >= 15 is 0 Å². The first kappa shape index (κ1) is 12.1. The van der Waals surface area contributed by atoms with Gasteiger partial charge in [0.1, 0.15) is 0 Å². The molecular weight excluding hydrogens is 260 g/mol. The van der Waals surface area contributed by atoms with Crippen molar-refractivity contribution in [2.45, 2.75) is 13.0 Å². The second-order valence-corrected chi connectivity index (χ2v) is 4.00. The predicted octanol–water partition coefficient (Wildman–Crippen LogP) is 1.67. The lowest BCUT2D eigenvalue weighted by Gasteiger charge is -2.11. The van der Waals surface area contributed by atoms with Crippen molar-refractivity contribution < 1.29 is 9.53 Å². The molecule has 0 aliphatic heterocycles. The third kappa shape index (κ3) is 3.97. The molecule has 0 aliphatic rings. The smallest absolute Gasteiger partial charge is 0.319 e. The van der Waals surface area contributed by atoms with Gasteiger partial charge in [-0.1, -0.05) is 0 Å². The molecule has 1 heterocycles. The molecule has 82 valence electrons. The SMILES string of the molecule is COC(=O)CN[C@H](C)c1ccc(Br)cn1. The van der Waals surface area contributed by atoms with Crippen molar-refractivity contribution in [3.05, 3.63) is 28.5 Å². The number of esters is 1. The van der Waals surface area contributed by atoms with Crippen LogP contribution in [0.5, 0.6) is 0 Å². The van der Waals surface area contributed by atoms with E-state index in [1.807, 2.05) is 19.1 Å². The molecule has 0 aromatic carbocycles. The molecule has 0 amide bonds. The van der Waals surface area contributed by atoms with Gasteiger partial charge in [-0.25, -0.2) is 0 Å². The van der Waals surface area contributed by atoms with Crippen LogP contribution in [-0.2, 0) is 9.53 Å². The molecule has 0 saturated heterocycles. The Morgan fingerprint density at radius 3 is 2.93 bits per heavy atom. The van der Waals surface area contributed by atoms with Gasteiger partial charge in [0.05, 0.1) is 19.3 Å². The maximum absolute atomic E-state index is 10.9. The Hall–Kier alpha value is -0.940. The number of hydrogen-bond donors (Lipinski definition) is 1. The average Bonchev–Trinajstić information content (AvgIpc) is 2.26. The lowest BCUT2D eigenvalue weighted by molar-refractivity contribution is -0.139. The summed E-state index contributed by atoms with van der Waals surface area (Å²) < 4.78 is 5.46. The fourth-order valence-electron chi connectivity index (χ4n) is 1.06. The number of aromatic nitrogens is 1. The summed E-state index contributed by atoms with van der Waals surface area (Å²) in [5.74, 6) is -0.279. The van der Waals surface area contributed by atoms with Crippen LogP contribution in [-0.4, -0.2) is 24.6 Å². The Labute approximate surface area is 97.2 Å². The summed E-state index contributed by atoms with van der Waals surface area (Å²) in [4.78, 5) is 15.1. The van der Waals surface area contributed by atoms with E-state index in [4.69, 9.17) is 0 Å². The predicted molar refractivity (Wildman–Crippen MR) is 60.4 cm³/mol. The van der Waals surface area contributed by atoms with Crippen molar-refractivity contribution in [2.75, 3.05) is 13.7 Å². The Morgan fingerprint density at radius 2 is 2.40 bits per heavy atom. The van der Waals surface area contributed by atoms with Crippen LogP contribution in [0.1, 0.15) is 18.7 Å². The van der Waals surface area contributed by atoms with Crippen molar-refractivity contribution in [2.24, 2.45) is 0 Å². The van der Waals surface area contributed by atoms with Crippen LogP contribution < -0.4 is 5.32 Å². The zero-order chi connectivity index (χ0) is 11.3. The number of halogens is 1. The highest BCUT2D eigenvalue weighted by atomic mass is 79.9. The van der Waals surface area contributed by atoms with Gasteiger partial charge in [-0.2, -0.15) is 0 Å². The van der Waals surface area contributed by atoms with Crippen LogP contribution in [0, 0.1) is 0 Å². The van der Waals surface area contributed by atoms with Crippen LogP contribution in [0.3, 0.4) is 0 Å². The first-order chi connectivity index (χ1) is 7.13. The number of carbonyl (C=O) groups is 1. The maximum Gasteiger partial charge on any atom is 0.319 e. The summed E-state index contributed by atoms with van der Waals surface area (Å²) in [6.45, 7) is 2.13. The minimum Gasteiger partial charge on any atom is -0.468 e. The van der Waals surface area contributed by atoms with E-state index in [0.29, 0.717) is 0 Å². The molecule has 0 saturated carbocycles. The van der Waals surface area contributed by atoms with Crippen molar-refractivity contribution in [1.82, 2.24) is 10.3 Å². The largest absolute Gasteiger partial charge is 0.468 e. The molecule has 5 heteroatoms. The second-order valence-electron chi connectivity index (χ2n) is 3.08. The molecule has 0 fully saturated rings. The van der Waals surface area contributed by atoms with E-state index in [-0.39, 0.29) is 18.6 Å². The molecule has 0 spiro atoms. The summed E-state index contributed by atoms with van der Waals surface area (Å²) in [7, 11) is 1.37. The molecule has 1 aromatic rings. The number of rotatable bonds is 4. The Morgan fingerprint density at radius 1 is 1.67 bits per heavy atom. The van der Waals surface area contributed by atoms with Gasteiger partial charge in [-0.05, 0) is 35.0 Å². The molecule has 0 radical (unpaired) electrons. The van der Waals surface area contributed by atoms with E-state index in [1.54, 1.807) is 6.20 Å². The molecule has 1 N–H and O–H groups in total. The minimum absolute atomic E-state index is 0.0252. The monoisotopic (exact) mass is 272 g/mol. The van der Waals surface area contributed by atoms with Gasteiger partial charge in [0.2, 0.25) is 0 Å². The molecule has 4 nitrogen and oxygen atoms in total. The molecule has 1 aromatic heterocycles. The summed E-state index contributed by atoms with van der Waals surface area (Å²) in [5.41, 5.74) is 0.891. The van der Waals surface area contributed by atoms with Gasteiger partial charge in [0, 0.05) is 16.7 Å². The Kier molecular flexibility index (Phi) is 4.71. The second kappa shape index (κ2) is 5.82. The van der Waals surface area contributed by atoms with Gasteiger partial charge in [0.25, 0.3) is 0 Å². The Bertz CT molecular complexity index is 327. The Balaban J connectivity index is 2.50. The number of hydrogen-bond acceptors (Lipinski definition) is 4. The molecule has 0 bridgehead atoms. The third-order valence-corrected chi connectivity index (χ3v) is 2.44. The maximum atomic E-state index is 10.9. The number of ether oxygens (including phenoxy) is 1. The number of pyridine rings is 1. The zero-order valence-electron chi connectivity index (χ0n) is 8.66. The van der Waals surface area contributed by atoms with Crippen molar-refractivity contribution in [3.63, 3.8) is 0 Å². The standard InChI is InChI=1S/C10H13BrN2O2/c1-7(12-6-10(14)15-2)9-4-3-8(11)5-13-9/h3-5,7,12H,6H2,1-2H3/t7-/m1/s1. The van der Waals surface area contributed by atoms with Crippen LogP contribution in [0.15, 0.2) is 22.8 Å². The summed E-state index contributed by atoms with van der Waals surface area (Å²) in [5, 5.41) is 3.02. The molecule has 1 atom stereocenters. The van der Waals surface area contributed by atoms with E-state index in [1.165, 1.54) is 7.11 Å². The lowest BCUT2D eigenvalue weighted by Crippen LogP contribution is -2.27. The van der Waals surface area contributed by atoms with E-state index in [9.17, 15) is 4.79 Å². The van der Waals surface area contributed by atoms with Gasteiger partial charge in [-0.3, -0.25) is 15.1 Å². The van der Waals surface area contributed by atoms with Crippen LogP contribution >= 0.6 is 15.9 Å². The van der Waals surface area contributed by atoms with E-state index in [0.717, 1.165) is 10.2 Å². The summed E-state index contributed by atoms with van der Waals surface area (Å²) >= 11 is 3.31. The molecule has 1 rings (SSSR count). The van der Waals surface area contributed by atoms with Crippen LogP contribution in [0.4, 0.5) is 0 Å². The zero-order valence-corrected chi connectivity index (χ0v) is 10.2. The number of nitrogens with zero attached hydrogens (tertiary/aromatic N) is 1. The van der Waals surface area contributed by atoms with E-state index < -0.39 is 0 Å². The normalized spacial score (nSPS) is 12.2. The van der Waals surface area contributed by atoms with Gasteiger partial charge < -0.3 is 4.74 Å². The topological polar surface area (TPSA) is 51.2 Å². The van der Waals surface area contributed by atoms with Gasteiger partial charge in [0.15, 0.2) is 0 Å². The third-order valence-electron chi connectivity index (χ3n) is 1.97. The van der Waals surface area contributed by atoms with Gasteiger partial charge >= 0.3 is 5.97 Å². The van der Waals surface area contributed by atoms with Crippen molar-refractivity contribution in [3.8, 4) is 0 Å². The molecular formula is C10H13BrN2O2. The first-order valence-corrected chi connectivity index (χ1v) is 5.34. The minimum atomic E-state index is -0.279. The first-order valence-electron chi connectivity index (χ1n) is 4.55. The highest BCUT2D eigenvalue weighted by molar-refractivity contribution is 9.10. The number of methoxy groups -OCH3 is 1. The summed E-state index contributed by atoms with van der Waals surface area (Å²) in [6, 6.07) is 3.84. The van der Waals surface area contributed by atoms with Gasteiger partial charge in [-0.15, -0.1) is 0 Å². The number of nitrogens with one attached hydrogen (secondary N) is 1. The summed E-state index contributed by atoms with van der Waals surface area (Å²) in [6.07, 6.45) is 1.73. The fourth-order valence-corrected chi connectivity index (χ4v) is 1.29. The van der Waals surface area contributed by atoms with Crippen molar-refractivity contribution in [1.29, 1.82) is 0 Å². The molecule has 0 unspecified atom stereocenters. The quantitative estimate of drug-likeness (QED) is 0.848. The highest BCUT2D eigenvalue weighted by Crippen LogP contribution is 2.12. The molecule has 0 aliphatic carbocycles. The van der Waals surface area contributed by atoms with Crippen LogP contribution in [0.2, 0.25) is 0 Å². The van der Waals surface area contributed by atoms with E-state index in [2.05, 4.69) is 31.0 Å². The number of carbonyl (C=O) groups excluding carboxylic acids is 1. The molecule has 15 heavy (non-hydrogen) atoms. The lowest BCUT2D eigenvalue weighted by atomic mass is 10.2.